The summed E-state index contributed by atoms with van der Waals surface area (Å²) in [6.07, 6.45) is 4.93. The summed E-state index contributed by atoms with van der Waals surface area (Å²) in [5.41, 5.74) is 4.91. The molecule has 0 aliphatic heterocycles. The summed E-state index contributed by atoms with van der Waals surface area (Å²) in [7, 11) is 0. The molecule has 5 nitrogen and oxygen atoms in total. The van der Waals surface area contributed by atoms with Crippen molar-refractivity contribution in [1.82, 2.24) is 15.2 Å². The van der Waals surface area contributed by atoms with Gasteiger partial charge >= 0.3 is 0 Å². The van der Waals surface area contributed by atoms with Crippen molar-refractivity contribution in [1.29, 1.82) is 0 Å². The summed E-state index contributed by atoms with van der Waals surface area (Å²) in [6, 6.07) is 7.80. The highest BCUT2D eigenvalue weighted by Crippen LogP contribution is 2.29. The second-order valence-electron chi connectivity index (χ2n) is 4.61. The molecule has 5 heteroatoms. The van der Waals surface area contributed by atoms with Gasteiger partial charge in [0.1, 0.15) is 5.75 Å². The van der Waals surface area contributed by atoms with Gasteiger partial charge in [-0.25, -0.2) is 5.43 Å². The van der Waals surface area contributed by atoms with Crippen LogP contribution in [0.25, 0.3) is 0 Å². The number of nitrogens with zero attached hydrogens (tertiary/aromatic N) is 2. The number of hydrogen-bond acceptors (Lipinski definition) is 4. The van der Waals surface area contributed by atoms with Gasteiger partial charge in [-0.3, -0.25) is 10.5 Å². The van der Waals surface area contributed by atoms with Crippen LogP contribution in [-0.4, -0.2) is 16.4 Å². The number of benzene rings is 1. The fourth-order valence-corrected chi connectivity index (χ4v) is 2.25. The molecule has 0 fully saturated rings. The number of aromatic nitrogens is 2. The Bertz CT molecular complexity index is 538. The zero-order chi connectivity index (χ0) is 14.4. The lowest BCUT2D eigenvalue weighted by Crippen LogP contribution is -2.29. The van der Waals surface area contributed by atoms with Crippen LogP contribution in [0.15, 0.2) is 36.7 Å². The van der Waals surface area contributed by atoms with Gasteiger partial charge < -0.3 is 4.74 Å². The highest BCUT2D eigenvalue weighted by atomic mass is 16.5. The van der Waals surface area contributed by atoms with E-state index in [0.717, 1.165) is 29.8 Å². The average Bonchev–Trinajstić information content (AvgIpc) is 2.91. The first kappa shape index (κ1) is 14.6. The van der Waals surface area contributed by atoms with Crippen molar-refractivity contribution in [3.05, 3.63) is 47.8 Å². The number of ether oxygens (including phenoxy) is 1. The van der Waals surface area contributed by atoms with Gasteiger partial charge in [-0.15, -0.1) is 0 Å². The first-order valence-electron chi connectivity index (χ1n) is 7.00. The molecule has 1 heterocycles. The minimum atomic E-state index is -0.122. The van der Waals surface area contributed by atoms with Gasteiger partial charge in [-0.2, -0.15) is 5.10 Å². The maximum atomic E-state index is 5.74. The Kier molecular flexibility index (Phi) is 5.15. The Hall–Kier alpha value is -1.85. The molecule has 1 aromatic heterocycles. The van der Waals surface area contributed by atoms with Crippen LogP contribution in [0, 0.1) is 0 Å². The Balaban J connectivity index is 2.31. The highest BCUT2D eigenvalue weighted by molar-refractivity contribution is 5.40. The number of hydrogen-bond donors (Lipinski definition) is 2. The molecule has 0 spiro atoms. The monoisotopic (exact) mass is 274 g/mol. The smallest absolute Gasteiger partial charge is 0.124 e. The van der Waals surface area contributed by atoms with E-state index in [2.05, 4.69) is 17.4 Å². The highest BCUT2D eigenvalue weighted by Gasteiger charge is 2.18. The van der Waals surface area contributed by atoms with Crippen molar-refractivity contribution in [2.24, 2.45) is 5.84 Å². The lowest BCUT2D eigenvalue weighted by atomic mass is 10.0. The SMILES string of the molecule is CCCn1cc(C(NN)c2ccccc2OCC)cn1. The Morgan fingerprint density at radius 3 is 2.85 bits per heavy atom. The van der Waals surface area contributed by atoms with Gasteiger partial charge in [-0.1, -0.05) is 25.1 Å². The molecule has 2 rings (SSSR count). The lowest BCUT2D eigenvalue weighted by molar-refractivity contribution is 0.333. The third-order valence-electron chi connectivity index (χ3n) is 3.14. The van der Waals surface area contributed by atoms with Gasteiger partial charge in [0.25, 0.3) is 0 Å². The van der Waals surface area contributed by atoms with E-state index in [1.165, 1.54) is 0 Å². The van der Waals surface area contributed by atoms with Gasteiger partial charge in [0.05, 0.1) is 18.8 Å². The summed E-state index contributed by atoms with van der Waals surface area (Å²) in [4.78, 5) is 0. The number of nitrogens with two attached hydrogens (primary N) is 1. The van der Waals surface area contributed by atoms with E-state index in [1.54, 1.807) is 0 Å². The van der Waals surface area contributed by atoms with Crippen LogP contribution < -0.4 is 16.0 Å². The molecule has 0 amide bonds. The van der Waals surface area contributed by atoms with Crippen molar-refractivity contribution in [3.63, 3.8) is 0 Å². The van der Waals surface area contributed by atoms with Crippen LogP contribution in [0.4, 0.5) is 0 Å². The van der Waals surface area contributed by atoms with E-state index in [1.807, 2.05) is 48.3 Å². The molecule has 0 saturated carbocycles. The van der Waals surface area contributed by atoms with Crippen LogP contribution in [0.1, 0.15) is 37.4 Å². The molecule has 1 atom stereocenters. The second-order valence-corrected chi connectivity index (χ2v) is 4.61. The molecule has 0 radical (unpaired) electrons. The van der Waals surface area contributed by atoms with E-state index in [4.69, 9.17) is 10.6 Å². The zero-order valence-electron chi connectivity index (χ0n) is 12.0. The minimum Gasteiger partial charge on any atom is -0.494 e. The number of nitrogens with one attached hydrogen (secondary N) is 1. The van der Waals surface area contributed by atoms with Crippen LogP contribution in [0.3, 0.4) is 0 Å². The molecule has 3 N–H and O–H groups in total. The molecule has 20 heavy (non-hydrogen) atoms. The van der Waals surface area contributed by atoms with Gasteiger partial charge in [0, 0.05) is 23.9 Å². The Labute approximate surface area is 119 Å². The third-order valence-corrected chi connectivity index (χ3v) is 3.14. The molecule has 0 bridgehead atoms. The molecule has 108 valence electrons. The van der Waals surface area contributed by atoms with Crippen LogP contribution >= 0.6 is 0 Å². The summed E-state index contributed by atoms with van der Waals surface area (Å²) in [6.45, 7) is 5.64. The van der Waals surface area contributed by atoms with E-state index < -0.39 is 0 Å². The molecule has 1 aromatic carbocycles. The van der Waals surface area contributed by atoms with E-state index >= 15 is 0 Å². The van der Waals surface area contributed by atoms with Crippen molar-refractivity contribution in [2.45, 2.75) is 32.9 Å². The van der Waals surface area contributed by atoms with Crippen molar-refractivity contribution in [2.75, 3.05) is 6.61 Å². The lowest BCUT2D eigenvalue weighted by Gasteiger charge is -2.18. The number of hydrazine groups is 1. The minimum absolute atomic E-state index is 0.122. The van der Waals surface area contributed by atoms with Crippen molar-refractivity contribution >= 4 is 0 Å². The maximum Gasteiger partial charge on any atom is 0.124 e. The molecule has 0 aliphatic rings. The number of para-hydroxylation sites is 1. The number of aryl methyl sites for hydroxylation is 1. The van der Waals surface area contributed by atoms with Crippen molar-refractivity contribution in [3.8, 4) is 5.75 Å². The van der Waals surface area contributed by atoms with Gasteiger partial charge in [-0.05, 0) is 19.4 Å². The van der Waals surface area contributed by atoms with Crippen LogP contribution in [0.5, 0.6) is 5.75 Å². The maximum absolute atomic E-state index is 5.74. The van der Waals surface area contributed by atoms with Crippen LogP contribution in [0.2, 0.25) is 0 Å². The van der Waals surface area contributed by atoms with Gasteiger partial charge in [0.15, 0.2) is 0 Å². The molecular formula is C15H22N4O. The first-order valence-corrected chi connectivity index (χ1v) is 7.00. The first-order chi connectivity index (χ1) is 9.80. The third kappa shape index (κ3) is 3.18. The average molecular weight is 274 g/mol. The summed E-state index contributed by atoms with van der Waals surface area (Å²) >= 11 is 0. The molecule has 0 aliphatic carbocycles. The fraction of sp³-hybridized carbons (Fsp3) is 0.400. The summed E-state index contributed by atoms with van der Waals surface area (Å²) in [5, 5.41) is 4.36. The normalized spacial score (nSPS) is 12.3. The van der Waals surface area contributed by atoms with Crippen LogP contribution in [-0.2, 0) is 6.54 Å². The Morgan fingerprint density at radius 2 is 2.15 bits per heavy atom. The standard InChI is InChI=1S/C15H22N4O/c1-3-9-19-11-12(10-17-19)15(18-16)13-7-5-6-8-14(13)20-4-2/h5-8,10-11,15,18H,3-4,9,16H2,1-2H3. The molecule has 2 aromatic rings. The molecule has 1 unspecified atom stereocenters. The van der Waals surface area contributed by atoms with Gasteiger partial charge in [0.2, 0.25) is 0 Å². The molecule has 0 saturated heterocycles. The molecular weight excluding hydrogens is 252 g/mol. The van der Waals surface area contributed by atoms with E-state index in [0.29, 0.717) is 6.61 Å². The predicted molar refractivity (Wildman–Crippen MR) is 79.3 cm³/mol. The fourth-order valence-electron chi connectivity index (χ4n) is 2.25. The zero-order valence-corrected chi connectivity index (χ0v) is 12.0. The largest absolute Gasteiger partial charge is 0.494 e. The summed E-state index contributed by atoms with van der Waals surface area (Å²) in [5.74, 6) is 6.59. The van der Waals surface area contributed by atoms with E-state index in [9.17, 15) is 0 Å². The summed E-state index contributed by atoms with van der Waals surface area (Å²) < 4.78 is 7.61. The second kappa shape index (κ2) is 7.07. The number of rotatable bonds is 7. The Morgan fingerprint density at radius 1 is 1.35 bits per heavy atom. The quantitative estimate of drug-likeness (QED) is 0.600. The van der Waals surface area contributed by atoms with E-state index in [-0.39, 0.29) is 6.04 Å². The topological polar surface area (TPSA) is 65.1 Å². The van der Waals surface area contributed by atoms with Crippen molar-refractivity contribution < 1.29 is 4.74 Å². The predicted octanol–water partition coefficient (Wildman–Crippen LogP) is 2.24.